The number of nitrogens with zero attached hydrogens (tertiary/aromatic N) is 4. The van der Waals surface area contributed by atoms with Gasteiger partial charge in [-0.05, 0) is 52.2 Å². The van der Waals surface area contributed by atoms with Crippen LogP contribution in [0.1, 0.15) is 45.2 Å². The van der Waals surface area contributed by atoms with Crippen molar-refractivity contribution >= 4 is 22.4 Å². The highest BCUT2D eigenvalue weighted by Gasteiger charge is 2.27. The molecule has 2 aliphatic rings. The van der Waals surface area contributed by atoms with Crippen molar-refractivity contribution < 1.29 is 4.79 Å². The van der Waals surface area contributed by atoms with Gasteiger partial charge in [-0.15, -0.1) is 11.3 Å². The van der Waals surface area contributed by atoms with Gasteiger partial charge < -0.3 is 0 Å². The van der Waals surface area contributed by atoms with Crippen molar-refractivity contribution in [1.82, 2.24) is 14.8 Å². The largest absolute Gasteiger partial charge is 0.299 e. The lowest BCUT2D eigenvalue weighted by Crippen LogP contribution is -2.46. The maximum Gasteiger partial charge on any atom is 0.225 e. The number of amides is 1. The molecule has 0 spiro atoms. The number of aromatic nitrogens is 1. The van der Waals surface area contributed by atoms with E-state index in [4.69, 9.17) is 0 Å². The van der Waals surface area contributed by atoms with Crippen LogP contribution in [-0.2, 0) is 11.3 Å². The van der Waals surface area contributed by atoms with Crippen molar-refractivity contribution in [2.24, 2.45) is 0 Å². The van der Waals surface area contributed by atoms with Gasteiger partial charge in [-0.3, -0.25) is 19.5 Å². The van der Waals surface area contributed by atoms with E-state index in [1.54, 1.807) is 23.2 Å². The molecule has 0 bridgehead atoms. The maximum absolute atomic E-state index is 11.6. The smallest absolute Gasteiger partial charge is 0.225 e. The Kier molecular flexibility index (Phi) is 5.67. The third-order valence-corrected chi connectivity index (χ3v) is 5.90. The van der Waals surface area contributed by atoms with Gasteiger partial charge in [-0.2, -0.15) is 0 Å². The normalized spacial score (nSPS) is 23.3. The molecule has 2 saturated heterocycles. The molecule has 0 saturated carbocycles. The van der Waals surface area contributed by atoms with E-state index >= 15 is 0 Å². The number of hydrogen-bond acceptors (Lipinski definition) is 5. The molecule has 6 heteroatoms. The Balaban J connectivity index is 1.58. The van der Waals surface area contributed by atoms with Crippen molar-refractivity contribution in [2.75, 3.05) is 37.6 Å². The topological polar surface area (TPSA) is 39.7 Å². The van der Waals surface area contributed by atoms with E-state index < -0.39 is 0 Å². The first-order chi connectivity index (χ1) is 11.2. The molecule has 0 aliphatic carbocycles. The van der Waals surface area contributed by atoms with Gasteiger partial charge in [0, 0.05) is 38.0 Å². The van der Waals surface area contributed by atoms with Crippen LogP contribution < -0.4 is 4.90 Å². The second kappa shape index (κ2) is 7.73. The second-order valence-electron chi connectivity index (χ2n) is 6.66. The number of likely N-dealkylation sites (tertiary alicyclic amines) is 2. The van der Waals surface area contributed by atoms with Crippen LogP contribution in [0.2, 0.25) is 0 Å². The van der Waals surface area contributed by atoms with Gasteiger partial charge in [0.15, 0.2) is 5.13 Å². The van der Waals surface area contributed by atoms with E-state index in [9.17, 15) is 4.79 Å². The Morgan fingerprint density at radius 2 is 2.13 bits per heavy atom. The van der Waals surface area contributed by atoms with E-state index in [1.165, 1.54) is 45.3 Å². The molecule has 3 rings (SSSR count). The Bertz CT molecular complexity index is 526. The summed E-state index contributed by atoms with van der Waals surface area (Å²) in [5.41, 5.74) is 1.10. The van der Waals surface area contributed by atoms with Gasteiger partial charge in [-0.1, -0.05) is 0 Å². The Hall–Kier alpha value is -0.980. The summed E-state index contributed by atoms with van der Waals surface area (Å²) in [5.74, 6) is 0.0699. The first kappa shape index (κ1) is 16.9. The van der Waals surface area contributed by atoms with Crippen LogP contribution in [-0.4, -0.2) is 59.5 Å². The van der Waals surface area contributed by atoms with E-state index in [0.717, 1.165) is 30.0 Å². The van der Waals surface area contributed by atoms with Gasteiger partial charge in [-0.25, -0.2) is 4.98 Å². The standard InChI is InChI=1S/C17H28N4OS/c1-3-21(14(2)22)17-18-15(13-23-17)11-19-8-6-7-16(12-19)20-9-4-5-10-20/h13,16H,3-12H2,1-2H3. The molecule has 1 unspecified atom stereocenters. The molecular formula is C17H28N4OS. The zero-order valence-corrected chi connectivity index (χ0v) is 15.1. The van der Waals surface area contributed by atoms with Crippen LogP contribution in [0.5, 0.6) is 0 Å². The molecule has 1 atom stereocenters. The van der Waals surface area contributed by atoms with Crippen LogP contribution in [0.3, 0.4) is 0 Å². The highest BCUT2D eigenvalue weighted by molar-refractivity contribution is 7.14. The molecule has 3 heterocycles. The summed E-state index contributed by atoms with van der Waals surface area (Å²) in [6.07, 6.45) is 5.35. The molecular weight excluding hydrogens is 308 g/mol. The van der Waals surface area contributed by atoms with E-state index in [2.05, 4.69) is 20.2 Å². The maximum atomic E-state index is 11.6. The fourth-order valence-corrected chi connectivity index (χ4v) is 4.72. The summed E-state index contributed by atoms with van der Waals surface area (Å²) in [4.78, 5) is 23.3. The first-order valence-corrected chi connectivity index (χ1v) is 9.74. The lowest BCUT2D eigenvalue weighted by molar-refractivity contribution is -0.116. The summed E-state index contributed by atoms with van der Waals surface area (Å²) in [5, 5.41) is 2.95. The van der Waals surface area contributed by atoms with Crippen LogP contribution >= 0.6 is 11.3 Å². The van der Waals surface area contributed by atoms with Gasteiger partial charge >= 0.3 is 0 Å². The Labute approximate surface area is 143 Å². The minimum atomic E-state index is 0.0699. The monoisotopic (exact) mass is 336 g/mol. The van der Waals surface area contributed by atoms with Crippen molar-refractivity contribution in [1.29, 1.82) is 0 Å². The number of thiazole rings is 1. The highest BCUT2D eigenvalue weighted by Crippen LogP contribution is 2.24. The first-order valence-electron chi connectivity index (χ1n) is 8.86. The molecule has 2 fully saturated rings. The van der Waals surface area contributed by atoms with Gasteiger partial charge in [0.2, 0.25) is 5.91 Å². The Morgan fingerprint density at radius 1 is 1.35 bits per heavy atom. The molecule has 0 N–H and O–H groups in total. The molecule has 1 aromatic rings. The van der Waals surface area contributed by atoms with Gasteiger partial charge in [0.05, 0.1) is 5.69 Å². The SMILES string of the molecule is CCN(C(C)=O)c1nc(CN2CCCC(N3CCCC3)C2)cs1. The fourth-order valence-electron chi connectivity index (χ4n) is 3.79. The molecule has 0 aromatic carbocycles. The summed E-state index contributed by atoms with van der Waals surface area (Å²) in [6, 6.07) is 0.730. The molecule has 23 heavy (non-hydrogen) atoms. The van der Waals surface area contributed by atoms with Crippen LogP contribution in [0, 0.1) is 0 Å². The molecule has 5 nitrogen and oxygen atoms in total. The third-order valence-electron chi connectivity index (χ3n) is 4.99. The molecule has 2 aliphatic heterocycles. The van der Waals surface area contributed by atoms with Crippen LogP contribution in [0.15, 0.2) is 5.38 Å². The second-order valence-corrected chi connectivity index (χ2v) is 7.50. The summed E-state index contributed by atoms with van der Waals surface area (Å²) in [7, 11) is 0. The van der Waals surface area contributed by atoms with E-state index in [-0.39, 0.29) is 5.91 Å². The minimum Gasteiger partial charge on any atom is -0.299 e. The zero-order valence-electron chi connectivity index (χ0n) is 14.3. The summed E-state index contributed by atoms with van der Waals surface area (Å²) < 4.78 is 0. The number of piperidine rings is 1. The molecule has 0 radical (unpaired) electrons. The van der Waals surface area contributed by atoms with Crippen molar-refractivity contribution in [3.05, 3.63) is 11.1 Å². The van der Waals surface area contributed by atoms with E-state index in [1.807, 2.05) is 6.92 Å². The summed E-state index contributed by atoms with van der Waals surface area (Å²) in [6.45, 7) is 10.1. The number of anilines is 1. The van der Waals surface area contributed by atoms with Crippen molar-refractivity contribution in [3.8, 4) is 0 Å². The minimum absolute atomic E-state index is 0.0699. The molecule has 128 valence electrons. The lowest BCUT2D eigenvalue weighted by Gasteiger charge is -2.37. The average molecular weight is 337 g/mol. The van der Waals surface area contributed by atoms with Gasteiger partial charge in [0.25, 0.3) is 0 Å². The van der Waals surface area contributed by atoms with Crippen LogP contribution in [0.4, 0.5) is 5.13 Å². The molecule has 1 amide bonds. The zero-order chi connectivity index (χ0) is 16.2. The fraction of sp³-hybridized carbons (Fsp3) is 0.765. The predicted octanol–water partition coefficient (Wildman–Crippen LogP) is 2.58. The third kappa shape index (κ3) is 4.11. The predicted molar refractivity (Wildman–Crippen MR) is 94.9 cm³/mol. The lowest BCUT2D eigenvalue weighted by atomic mass is 10.0. The number of carbonyl (C=O) groups excluding carboxylic acids is 1. The van der Waals surface area contributed by atoms with Crippen LogP contribution in [0.25, 0.3) is 0 Å². The Morgan fingerprint density at radius 3 is 2.83 bits per heavy atom. The van der Waals surface area contributed by atoms with Crippen molar-refractivity contribution in [3.63, 3.8) is 0 Å². The van der Waals surface area contributed by atoms with Crippen molar-refractivity contribution in [2.45, 2.75) is 52.1 Å². The quantitative estimate of drug-likeness (QED) is 0.828. The number of hydrogen-bond donors (Lipinski definition) is 0. The van der Waals surface area contributed by atoms with Gasteiger partial charge in [0.1, 0.15) is 0 Å². The number of rotatable bonds is 5. The summed E-state index contributed by atoms with van der Waals surface area (Å²) >= 11 is 1.58. The highest BCUT2D eigenvalue weighted by atomic mass is 32.1. The molecule has 1 aromatic heterocycles. The number of carbonyl (C=O) groups is 1. The average Bonchev–Trinajstić information content (AvgIpc) is 3.20. The van der Waals surface area contributed by atoms with E-state index in [0.29, 0.717) is 6.54 Å².